The molecular formula is C11H19NO6. The molecule has 0 aliphatic carbocycles. The van der Waals surface area contributed by atoms with Crippen LogP contribution in [0.2, 0.25) is 0 Å². The lowest BCUT2D eigenvalue weighted by molar-refractivity contribution is -0.166. The van der Waals surface area contributed by atoms with Crippen LogP contribution in [0.5, 0.6) is 0 Å². The summed E-state index contributed by atoms with van der Waals surface area (Å²) in [7, 11) is 0. The second-order valence-electron chi connectivity index (χ2n) is 4.43. The summed E-state index contributed by atoms with van der Waals surface area (Å²) in [5.74, 6) is -3.17. The van der Waals surface area contributed by atoms with Gasteiger partial charge in [-0.25, -0.2) is 4.79 Å². The van der Waals surface area contributed by atoms with Gasteiger partial charge >= 0.3 is 17.9 Å². The highest BCUT2D eigenvalue weighted by Crippen LogP contribution is 2.08. The fourth-order valence-electron chi connectivity index (χ4n) is 1.32. The molecule has 1 unspecified atom stereocenters. The molecule has 7 heteroatoms. The van der Waals surface area contributed by atoms with E-state index in [1.807, 2.05) is 13.8 Å². The van der Waals surface area contributed by atoms with Crippen molar-refractivity contribution in [1.82, 2.24) is 0 Å². The Morgan fingerprint density at radius 2 is 1.78 bits per heavy atom. The van der Waals surface area contributed by atoms with Gasteiger partial charge in [-0.1, -0.05) is 13.8 Å². The third kappa shape index (κ3) is 6.85. The van der Waals surface area contributed by atoms with Gasteiger partial charge in [0.25, 0.3) is 0 Å². The molecule has 0 amide bonds. The quantitative estimate of drug-likeness (QED) is 0.533. The highest BCUT2D eigenvalue weighted by Gasteiger charge is 2.26. The molecule has 0 aromatic carbocycles. The summed E-state index contributed by atoms with van der Waals surface area (Å²) in [6, 6.07) is -0.892. The van der Waals surface area contributed by atoms with Crippen LogP contribution in [0.3, 0.4) is 0 Å². The molecule has 0 saturated heterocycles. The largest absolute Gasteiger partial charge is 0.481 e. The van der Waals surface area contributed by atoms with Gasteiger partial charge in [-0.15, -0.1) is 0 Å². The molecule has 0 aliphatic heterocycles. The van der Waals surface area contributed by atoms with Crippen LogP contribution in [0.4, 0.5) is 0 Å². The topological polar surface area (TPSA) is 127 Å². The zero-order valence-electron chi connectivity index (χ0n) is 10.5. The van der Waals surface area contributed by atoms with E-state index in [-0.39, 0.29) is 18.8 Å². The maximum atomic E-state index is 11.5. The standard InChI is InChI=1S/C11H19NO6/c1-6(2)5-7(12)11(17)18-8(10(15)16)3-4-9(13)14/h6-8H,3-5,12H2,1-2H3,(H,13,14)(H,15,16)/t7-,8?/m0/s1. The van der Waals surface area contributed by atoms with Crippen molar-refractivity contribution in [3.63, 3.8) is 0 Å². The lowest BCUT2D eigenvalue weighted by atomic mass is 10.0. The van der Waals surface area contributed by atoms with Crippen LogP contribution >= 0.6 is 0 Å². The molecule has 0 rings (SSSR count). The molecule has 0 aromatic heterocycles. The first-order chi connectivity index (χ1) is 8.23. The molecule has 0 saturated carbocycles. The van der Waals surface area contributed by atoms with Crippen molar-refractivity contribution in [2.45, 2.75) is 45.3 Å². The van der Waals surface area contributed by atoms with Crippen molar-refractivity contribution in [3.8, 4) is 0 Å². The van der Waals surface area contributed by atoms with Crippen molar-refractivity contribution in [3.05, 3.63) is 0 Å². The van der Waals surface area contributed by atoms with Crippen molar-refractivity contribution in [1.29, 1.82) is 0 Å². The van der Waals surface area contributed by atoms with E-state index in [1.54, 1.807) is 0 Å². The monoisotopic (exact) mass is 261 g/mol. The smallest absolute Gasteiger partial charge is 0.345 e. The first-order valence-electron chi connectivity index (χ1n) is 5.64. The van der Waals surface area contributed by atoms with Crippen LogP contribution in [0.1, 0.15) is 33.1 Å². The molecule has 2 atom stereocenters. The normalized spacial score (nSPS) is 14.0. The van der Waals surface area contributed by atoms with Crippen molar-refractivity contribution < 1.29 is 29.3 Å². The molecule has 104 valence electrons. The molecule has 0 aromatic rings. The van der Waals surface area contributed by atoms with Crippen LogP contribution < -0.4 is 5.73 Å². The van der Waals surface area contributed by atoms with E-state index in [9.17, 15) is 14.4 Å². The summed E-state index contributed by atoms with van der Waals surface area (Å²) in [6.07, 6.45) is -1.75. The van der Waals surface area contributed by atoms with Crippen LogP contribution in [0, 0.1) is 5.92 Å². The van der Waals surface area contributed by atoms with Gasteiger partial charge in [-0.05, 0) is 12.3 Å². The summed E-state index contributed by atoms with van der Waals surface area (Å²) in [5, 5.41) is 17.2. The van der Waals surface area contributed by atoms with E-state index in [1.165, 1.54) is 0 Å². The lowest BCUT2D eigenvalue weighted by Gasteiger charge is -2.17. The van der Waals surface area contributed by atoms with E-state index in [0.29, 0.717) is 6.42 Å². The summed E-state index contributed by atoms with van der Waals surface area (Å²) < 4.78 is 4.70. The van der Waals surface area contributed by atoms with Gasteiger partial charge < -0.3 is 20.7 Å². The number of hydrogen-bond acceptors (Lipinski definition) is 5. The van der Waals surface area contributed by atoms with E-state index < -0.39 is 30.1 Å². The van der Waals surface area contributed by atoms with Crippen molar-refractivity contribution in [2.24, 2.45) is 11.7 Å². The third-order valence-electron chi connectivity index (χ3n) is 2.18. The van der Waals surface area contributed by atoms with E-state index >= 15 is 0 Å². The number of carboxylic acids is 2. The zero-order valence-corrected chi connectivity index (χ0v) is 10.5. The van der Waals surface area contributed by atoms with Gasteiger partial charge in [0.2, 0.25) is 0 Å². The minimum absolute atomic E-state index is 0.176. The maximum Gasteiger partial charge on any atom is 0.345 e. The summed E-state index contributed by atoms with van der Waals surface area (Å²) in [5.41, 5.74) is 5.54. The lowest BCUT2D eigenvalue weighted by Crippen LogP contribution is -2.38. The summed E-state index contributed by atoms with van der Waals surface area (Å²) in [4.78, 5) is 32.6. The van der Waals surface area contributed by atoms with Gasteiger partial charge in [0.15, 0.2) is 6.10 Å². The third-order valence-corrected chi connectivity index (χ3v) is 2.18. The number of carboxylic acid groups (broad SMARTS) is 2. The Hall–Kier alpha value is -1.63. The zero-order chi connectivity index (χ0) is 14.3. The molecule has 0 aliphatic rings. The first-order valence-corrected chi connectivity index (χ1v) is 5.64. The fraction of sp³-hybridized carbons (Fsp3) is 0.727. The molecule has 0 radical (unpaired) electrons. The molecule has 18 heavy (non-hydrogen) atoms. The molecule has 0 bridgehead atoms. The number of esters is 1. The Morgan fingerprint density at radius 1 is 1.22 bits per heavy atom. The molecule has 4 N–H and O–H groups in total. The van der Waals surface area contributed by atoms with E-state index in [0.717, 1.165) is 0 Å². The fourth-order valence-corrected chi connectivity index (χ4v) is 1.32. The summed E-state index contributed by atoms with van der Waals surface area (Å²) in [6.45, 7) is 3.73. The molecule has 7 nitrogen and oxygen atoms in total. The van der Waals surface area contributed by atoms with Crippen LogP contribution in [0.25, 0.3) is 0 Å². The Kier molecular flexibility index (Phi) is 6.96. The Bertz CT molecular complexity index is 315. The molecule has 0 spiro atoms. The van der Waals surface area contributed by atoms with Crippen molar-refractivity contribution in [2.75, 3.05) is 0 Å². The summed E-state index contributed by atoms with van der Waals surface area (Å²) >= 11 is 0. The number of aliphatic carboxylic acids is 2. The maximum absolute atomic E-state index is 11.5. The average Bonchev–Trinajstić information content (AvgIpc) is 2.21. The molecular weight excluding hydrogens is 242 g/mol. The Labute approximate surface area is 105 Å². The Morgan fingerprint density at radius 3 is 2.17 bits per heavy atom. The molecule has 0 fully saturated rings. The van der Waals surface area contributed by atoms with Crippen molar-refractivity contribution >= 4 is 17.9 Å². The molecule has 0 heterocycles. The highest BCUT2D eigenvalue weighted by molar-refractivity contribution is 5.81. The number of ether oxygens (including phenoxy) is 1. The van der Waals surface area contributed by atoms with Gasteiger partial charge in [-0.3, -0.25) is 9.59 Å². The number of nitrogens with two attached hydrogens (primary N) is 1. The minimum atomic E-state index is -1.47. The van der Waals surface area contributed by atoms with Crippen LogP contribution in [0.15, 0.2) is 0 Å². The predicted molar refractivity (Wildman–Crippen MR) is 61.8 cm³/mol. The highest BCUT2D eigenvalue weighted by atomic mass is 16.6. The van der Waals surface area contributed by atoms with E-state index in [4.69, 9.17) is 20.7 Å². The number of hydrogen-bond donors (Lipinski definition) is 3. The van der Waals surface area contributed by atoms with Crippen LogP contribution in [-0.2, 0) is 19.1 Å². The first kappa shape index (κ1) is 16.4. The number of rotatable bonds is 8. The van der Waals surface area contributed by atoms with Crippen LogP contribution in [-0.4, -0.2) is 40.3 Å². The Balaban J connectivity index is 4.35. The SMILES string of the molecule is CC(C)C[C@H](N)C(=O)OC(CCC(=O)O)C(=O)O. The second-order valence-corrected chi connectivity index (χ2v) is 4.43. The van der Waals surface area contributed by atoms with Gasteiger partial charge in [0.1, 0.15) is 6.04 Å². The predicted octanol–water partition coefficient (Wildman–Crippen LogP) is 0.221. The van der Waals surface area contributed by atoms with E-state index in [2.05, 4.69) is 0 Å². The van der Waals surface area contributed by atoms with Gasteiger partial charge in [0.05, 0.1) is 0 Å². The van der Waals surface area contributed by atoms with Gasteiger partial charge in [-0.2, -0.15) is 0 Å². The minimum Gasteiger partial charge on any atom is -0.481 e. The number of carbonyl (C=O) groups excluding carboxylic acids is 1. The van der Waals surface area contributed by atoms with Gasteiger partial charge in [0, 0.05) is 12.8 Å². The second kappa shape index (κ2) is 7.65. The average molecular weight is 261 g/mol. The number of carbonyl (C=O) groups is 3.